The van der Waals surface area contributed by atoms with E-state index in [-0.39, 0.29) is 16.7 Å². The van der Waals surface area contributed by atoms with Gasteiger partial charge in [0.2, 0.25) is 11.9 Å². The lowest BCUT2D eigenvalue weighted by Gasteiger charge is -2.33. The lowest BCUT2D eigenvalue weighted by atomic mass is 9.96. The monoisotopic (exact) mass is 437 g/mol. The number of benzene rings is 2. The first-order valence-electron chi connectivity index (χ1n) is 10.4. The molecule has 3 heterocycles. The number of hydrogen-bond donors (Lipinski definition) is 1. The number of para-hydroxylation sites is 2. The van der Waals surface area contributed by atoms with Gasteiger partial charge >= 0.3 is 0 Å². The molecule has 0 unspecified atom stereocenters. The number of amidine groups is 1. The maximum Gasteiger partial charge on any atom is 0.285 e. The van der Waals surface area contributed by atoms with Gasteiger partial charge in [0, 0.05) is 25.2 Å². The highest BCUT2D eigenvalue weighted by Gasteiger charge is 2.35. The molecule has 31 heavy (non-hydrogen) atoms. The highest BCUT2D eigenvalue weighted by Crippen LogP contribution is 2.30. The standard InChI is InChI=1S/C22H23N5O3S/c1-2-27-18-11-5-4-10-17(18)23-22(27)24-21(28)15-8-7-13-26(14-15)20-16-9-3-6-12-19(16)31(29,30)25-20/h3-6,9-12,15H,2,7-8,13-14H2,1H3,(H,23,24,28)/t15-/m1/s1. The number of rotatable bonds is 3. The van der Waals surface area contributed by atoms with E-state index < -0.39 is 10.0 Å². The highest BCUT2D eigenvalue weighted by molar-refractivity contribution is 7.90. The second-order valence-electron chi connectivity index (χ2n) is 7.83. The highest BCUT2D eigenvalue weighted by atomic mass is 32.2. The van der Waals surface area contributed by atoms with Gasteiger partial charge in [-0.2, -0.15) is 8.42 Å². The Hall–Kier alpha value is -3.20. The molecule has 0 spiro atoms. The van der Waals surface area contributed by atoms with Crippen LogP contribution in [0.2, 0.25) is 0 Å². The summed E-state index contributed by atoms with van der Waals surface area (Å²) >= 11 is 0. The minimum atomic E-state index is -3.68. The molecule has 9 heteroatoms. The van der Waals surface area contributed by atoms with Crippen LogP contribution in [0.5, 0.6) is 0 Å². The molecule has 0 saturated carbocycles. The van der Waals surface area contributed by atoms with Crippen molar-refractivity contribution < 1.29 is 13.2 Å². The number of hydrogen-bond acceptors (Lipinski definition) is 5. The van der Waals surface area contributed by atoms with Gasteiger partial charge in [-0.3, -0.25) is 10.1 Å². The average molecular weight is 438 g/mol. The molecule has 1 saturated heterocycles. The van der Waals surface area contributed by atoms with Crippen molar-refractivity contribution in [1.29, 1.82) is 0 Å². The molecule has 1 N–H and O–H groups in total. The van der Waals surface area contributed by atoms with Crippen molar-refractivity contribution in [2.45, 2.75) is 31.2 Å². The van der Waals surface area contributed by atoms with E-state index in [0.717, 1.165) is 23.9 Å². The summed E-state index contributed by atoms with van der Waals surface area (Å²) in [6.07, 6.45) is 1.51. The van der Waals surface area contributed by atoms with E-state index in [1.165, 1.54) is 0 Å². The van der Waals surface area contributed by atoms with Crippen LogP contribution in [0.4, 0.5) is 5.95 Å². The van der Waals surface area contributed by atoms with Crippen molar-refractivity contribution in [3.63, 3.8) is 0 Å². The Kier molecular flexibility index (Phi) is 4.77. The molecule has 2 aliphatic heterocycles. The third-order valence-electron chi connectivity index (χ3n) is 5.91. The van der Waals surface area contributed by atoms with Gasteiger partial charge in [-0.15, -0.1) is 4.40 Å². The zero-order valence-corrected chi connectivity index (χ0v) is 18.0. The van der Waals surface area contributed by atoms with E-state index in [9.17, 15) is 13.2 Å². The molecule has 1 atom stereocenters. The lowest BCUT2D eigenvalue weighted by molar-refractivity contribution is -0.121. The van der Waals surface area contributed by atoms with Crippen molar-refractivity contribution >= 4 is 38.7 Å². The molecule has 5 rings (SSSR count). The summed E-state index contributed by atoms with van der Waals surface area (Å²) in [5.41, 5.74) is 2.43. The number of nitrogens with zero attached hydrogens (tertiary/aromatic N) is 4. The van der Waals surface area contributed by atoms with Crippen molar-refractivity contribution in [3.8, 4) is 0 Å². The van der Waals surface area contributed by atoms with Gasteiger partial charge in [-0.25, -0.2) is 4.98 Å². The summed E-state index contributed by atoms with van der Waals surface area (Å²) in [5, 5.41) is 3.00. The summed E-state index contributed by atoms with van der Waals surface area (Å²) < 4.78 is 30.8. The van der Waals surface area contributed by atoms with E-state index >= 15 is 0 Å². The maximum atomic E-state index is 13.1. The fourth-order valence-corrected chi connectivity index (χ4v) is 5.63. The molecular weight excluding hydrogens is 414 g/mol. The molecule has 1 aromatic heterocycles. The van der Waals surface area contributed by atoms with E-state index in [4.69, 9.17) is 0 Å². The molecular formula is C22H23N5O3S. The molecule has 160 valence electrons. The second kappa shape index (κ2) is 7.49. The summed E-state index contributed by atoms with van der Waals surface area (Å²) in [6.45, 7) is 3.79. The number of likely N-dealkylation sites (tertiary alicyclic amines) is 1. The molecule has 1 fully saturated rings. The van der Waals surface area contributed by atoms with E-state index in [1.54, 1.807) is 24.3 Å². The minimum Gasteiger partial charge on any atom is -0.355 e. The van der Waals surface area contributed by atoms with Crippen LogP contribution in [-0.4, -0.2) is 47.7 Å². The number of carbonyl (C=O) groups excluding carboxylic acids is 1. The van der Waals surface area contributed by atoms with Crippen LogP contribution < -0.4 is 5.32 Å². The number of sulfonamides is 1. The smallest absolute Gasteiger partial charge is 0.285 e. The largest absolute Gasteiger partial charge is 0.355 e. The number of nitrogens with one attached hydrogen (secondary N) is 1. The Bertz CT molecular complexity index is 1310. The first-order chi connectivity index (χ1) is 15.0. The molecule has 2 aliphatic rings. The van der Waals surface area contributed by atoms with Crippen LogP contribution in [0.1, 0.15) is 25.3 Å². The molecule has 3 aromatic rings. The quantitative estimate of drug-likeness (QED) is 0.680. The van der Waals surface area contributed by atoms with E-state index in [2.05, 4.69) is 14.7 Å². The molecule has 0 radical (unpaired) electrons. The SMILES string of the molecule is CCn1c(NC(=O)[C@@H]2CCCN(C3=NS(=O)(=O)c4ccccc43)C2)nc2ccccc21. The number of anilines is 1. The molecule has 0 bridgehead atoms. The van der Waals surface area contributed by atoms with Crippen LogP contribution in [0, 0.1) is 5.92 Å². The number of amides is 1. The molecule has 0 aliphatic carbocycles. The van der Waals surface area contributed by atoms with Gasteiger partial charge in [0.05, 0.1) is 17.0 Å². The molecule has 2 aromatic carbocycles. The number of fused-ring (bicyclic) bond motifs is 2. The summed E-state index contributed by atoms with van der Waals surface area (Å²) in [4.78, 5) is 19.8. The van der Waals surface area contributed by atoms with Gasteiger partial charge in [0.25, 0.3) is 10.0 Å². The number of carbonyl (C=O) groups is 1. The summed E-state index contributed by atoms with van der Waals surface area (Å²) in [7, 11) is -3.68. The lowest BCUT2D eigenvalue weighted by Crippen LogP contribution is -2.44. The topological polar surface area (TPSA) is 96.7 Å². The maximum absolute atomic E-state index is 13.1. The van der Waals surface area contributed by atoms with Gasteiger partial charge in [0.15, 0.2) is 5.84 Å². The van der Waals surface area contributed by atoms with Gasteiger partial charge in [-0.1, -0.05) is 24.3 Å². The Labute approximate surface area is 180 Å². The van der Waals surface area contributed by atoms with Gasteiger partial charge in [0.1, 0.15) is 4.90 Å². The summed E-state index contributed by atoms with van der Waals surface area (Å²) in [5.74, 6) is 0.590. The van der Waals surface area contributed by atoms with Gasteiger partial charge < -0.3 is 9.47 Å². The van der Waals surface area contributed by atoms with E-state index in [0.29, 0.717) is 37.0 Å². The first-order valence-corrected chi connectivity index (χ1v) is 11.9. The Morgan fingerprint density at radius 2 is 1.94 bits per heavy atom. The first kappa shape index (κ1) is 19.7. The molecule has 1 amide bonds. The minimum absolute atomic E-state index is 0.107. The van der Waals surface area contributed by atoms with Crippen molar-refractivity contribution in [3.05, 3.63) is 54.1 Å². The van der Waals surface area contributed by atoms with Crippen LogP contribution in [0.15, 0.2) is 57.8 Å². The van der Waals surface area contributed by atoms with E-state index in [1.807, 2.05) is 40.7 Å². The summed E-state index contributed by atoms with van der Waals surface area (Å²) in [6, 6.07) is 14.6. The van der Waals surface area contributed by atoms with Crippen molar-refractivity contribution in [1.82, 2.24) is 14.5 Å². The van der Waals surface area contributed by atoms with Crippen molar-refractivity contribution in [2.75, 3.05) is 18.4 Å². The number of imidazole rings is 1. The zero-order valence-electron chi connectivity index (χ0n) is 17.2. The Balaban J connectivity index is 1.38. The predicted octanol–water partition coefficient (Wildman–Crippen LogP) is 2.86. The predicted molar refractivity (Wildman–Crippen MR) is 118 cm³/mol. The van der Waals surface area contributed by atoms with Crippen LogP contribution in [-0.2, 0) is 21.4 Å². The van der Waals surface area contributed by atoms with Crippen molar-refractivity contribution in [2.24, 2.45) is 10.3 Å². The fraction of sp³-hybridized carbons (Fsp3) is 0.318. The molecule has 8 nitrogen and oxygen atoms in total. The van der Waals surface area contributed by atoms with Crippen LogP contribution in [0.25, 0.3) is 11.0 Å². The normalized spacial score (nSPS) is 19.8. The zero-order chi connectivity index (χ0) is 21.6. The Morgan fingerprint density at radius 3 is 2.77 bits per heavy atom. The second-order valence-corrected chi connectivity index (χ2v) is 9.40. The van der Waals surface area contributed by atoms with Crippen LogP contribution >= 0.6 is 0 Å². The van der Waals surface area contributed by atoms with Crippen LogP contribution in [0.3, 0.4) is 0 Å². The Morgan fingerprint density at radius 1 is 1.16 bits per heavy atom. The third-order valence-corrected chi connectivity index (χ3v) is 7.24. The van der Waals surface area contributed by atoms with Gasteiger partial charge in [-0.05, 0) is 44.0 Å². The number of aryl methyl sites for hydroxylation is 1. The fourth-order valence-electron chi connectivity index (χ4n) is 4.40. The third kappa shape index (κ3) is 3.38. The average Bonchev–Trinajstić information content (AvgIpc) is 3.27. The number of piperidine rings is 1. The number of aromatic nitrogens is 2.